The number of H-pyrrole nitrogens is 1. The molecule has 1 fully saturated rings. The molecule has 3 rings (SSSR count). The number of hydrogen-bond donors (Lipinski definition) is 1. The molecule has 1 aromatic heterocycles. The fraction of sp³-hybridized carbons (Fsp3) is 0.467. The minimum Gasteiger partial charge on any atom is -0.357 e. The van der Waals surface area contributed by atoms with E-state index in [1.165, 1.54) is 6.07 Å². The molecule has 0 spiro atoms. The molecule has 0 amide bonds. The van der Waals surface area contributed by atoms with Crippen LogP contribution in [0, 0.1) is 5.82 Å². The number of nitrogens with one attached hydrogen (secondary N) is 1. The molecule has 2 heterocycles. The van der Waals surface area contributed by atoms with Gasteiger partial charge in [0.25, 0.3) is 0 Å². The lowest BCUT2D eigenvalue weighted by molar-refractivity contribution is 0.148. The topological polar surface area (TPSA) is 22.3 Å². The van der Waals surface area contributed by atoms with Crippen molar-refractivity contribution in [2.45, 2.75) is 12.3 Å². The largest absolute Gasteiger partial charge is 0.357 e. The lowest BCUT2D eigenvalue weighted by Gasteiger charge is -2.32. The van der Waals surface area contributed by atoms with Gasteiger partial charge in [-0.25, -0.2) is 4.39 Å². The molecule has 1 aliphatic rings. The van der Waals surface area contributed by atoms with E-state index in [2.05, 4.69) is 21.8 Å². The Kier molecular flexibility index (Phi) is 4.47. The Bertz CT molecular complexity index is 621. The summed E-state index contributed by atoms with van der Waals surface area (Å²) in [5.74, 6) is 0.0277. The van der Waals surface area contributed by atoms with Crippen molar-refractivity contribution in [1.82, 2.24) is 14.8 Å². The summed E-state index contributed by atoms with van der Waals surface area (Å²) in [5.41, 5.74) is 2.77. The van der Waals surface area contributed by atoms with E-state index >= 15 is 0 Å². The SMILES string of the molecule is CN1CCN(Cc2c(CSF)[nH]c3ccc(F)cc23)CC1. The molecular formula is C15H19F2N3S. The first-order chi connectivity index (χ1) is 10.2. The number of nitrogens with zero attached hydrogens (tertiary/aromatic N) is 2. The molecule has 0 saturated carbocycles. The van der Waals surface area contributed by atoms with Crippen LogP contribution in [0.5, 0.6) is 0 Å². The molecule has 1 aliphatic heterocycles. The van der Waals surface area contributed by atoms with Gasteiger partial charge < -0.3 is 9.88 Å². The van der Waals surface area contributed by atoms with E-state index in [9.17, 15) is 8.28 Å². The second kappa shape index (κ2) is 6.34. The van der Waals surface area contributed by atoms with Crippen LogP contribution in [0.1, 0.15) is 11.3 Å². The van der Waals surface area contributed by atoms with Crippen LogP contribution in [0.2, 0.25) is 0 Å². The zero-order valence-electron chi connectivity index (χ0n) is 12.0. The summed E-state index contributed by atoms with van der Waals surface area (Å²) in [6.07, 6.45) is 0. The van der Waals surface area contributed by atoms with Gasteiger partial charge in [0.1, 0.15) is 5.82 Å². The maximum atomic E-state index is 13.5. The number of rotatable bonds is 4. The molecule has 0 unspecified atom stereocenters. The Labute approximate surface area is 127 Å². The Hall–Kier alpha value is -1.11. The summed E-state index contributed by atoms with van der Waals surface area (Å²) in [7, 11) is 2.11. The molecule has 3 nitrogen and oxygen atoms in total. The third-order valence-electron chi connectivity index (χ3n) is 4.13. The Morgan fingerprint density at radius 2 is 2.00 bits per heavy atom. The van der Waals surface area contributed by atoms with E-state index < -0.39 is 0 Å². The number of halogens is 2. The van der Waals surface area contributed by atoms with Crippen molar-refractivity contribution in [1.29, 1.82) is 0 Å². The maximum absolute atomic E-state index is 13.5. The van der Waals surface area contributed by atoms with Crippen LogP contribution in [0.15, 0.2) is 18.2 Å². The summed E-state index contributed by atoms with van der Waals surface area (Å²) in [5, 5.41) is 0.873. The summed E-state index contributed by atoms with van der Waals surface area (Å²) >= 11 is 0.299. The number of likely N-dealkylation sites (N-methyl/N-ethyl adjacent to an activating group) is 1. The van der Waals surface area contributed by atoms with Crippen LogP contribution >= 0.6 is 12.1 Å². The monoisotopic (exact) mass is 311 g/mol. The van der Waals surface area contributed by atoms with Crippen molar-refractivity contribution in [2.24, 2.45) is 0 Å². The van der Waals surface area contributed by atoms with E-state index in [1.54, 1.807) is 12.1 Å². The first-order valence-corrected chi connectivity index (χ1v) is 7.99. The first-order valence-electron chi connectivity index (χ1n) is 7.11. The maximum Gasteiger partial charge on any atom is 0.123 e. The highest BCUT2D eigenvalue weighted by atomic mass is 32.2. The van der Waals surface area contributed by atoms with Crippen molar-refractivity contribution < 1.29 is 8.28 Å². The van der Waals surface area contributed by atoms with Crippen molar-refractivity contribution >= 4 is 23.1 Å². The summed E-state index contributed by atoms with van der Waals surface area (Å²) in [6.45, 7) is 4.78. The van der Waals surface area contributed by atoms with Gasteiger partial charge in [-0.2, -0.15) is 3.89 Å². The van der Waals surface area contributed by atoms with Crippen molar-refractivity contribution in [3.8, 4) is 0 Å². The Morgan fingerprint density at radius 3 is 2.71 bits per heavy atom. The van der Waals surface area contributed by atoms with Crippen LogP contribution in [0.4, 0.5) is 8.28 Å². The number of aromatic nitrogens is 1. The number of piperazine rings is 1. The molecule has 0 aliphatic carbocycles. The average molecular weight is 311 g/mol. The number of hydrogen-bond acceptors (Lipinski definition) is 3. The standard InChI is InChI=1S/C15H19F2N3S/c1-19-4-6-20(7-5-19)9-13-12-8-11(16)2-3-14(12)18-15(13)10-21-17/h2-3,8,18H,4-7,9-10H2,1H3. The quantitative estimate of drug-likeness (QED) is 0.937. The number of fused-ring (bicyclic) bond motifs is 1. The molecule has 114 valence electrons. The van der Waals surface area contributed by atoms with E-state index in [-0.39, 0.29) is 11.6 Å². The molecule has 1 saturated heterocycles. The zero-order valence-corrected chi connectivity index (χ0v) is 12.8. The normalized spacial score (nSPS) is 17.7. The van der Waals surface area contributed by atoms with Crippen LogP contribution in [-0.4, -0.2) is 48.0 Å². The van der Waals surface area contributed by atoms with Crippen LogP contribution in [-0.2, 0) is 12.3 Å². The van der Waals surface area contributed by atoms with Crippen LogP contribution < -0.4 is 0 Å². The van der Waals surface area contributed by atoms with Gasteiger partial charge in [0.05, 0.1) is 17.9 Å². The Morgan fingerprint density at radius 1 is 1.24 bits per heavy atom. The smallest absolute Gasteiger partial charge is 0.123 e. The van der Waals surface area contributed by atoms with Gasteiger partial charge in [-0.15, -0.1) is 0 Å². The summed E-state index contributed by atoms with van der Waals surface area (Å²) < 4.78 is 26.2. The van der Waals surface area contributed by atoms with Gasteiger partial charge >= 0.3 is 0 Å². The second-order valence-electron chi connectivity index (χ2n) is 5.60. The second-order valence-corrected chi connectivity index (χ2v) is 6.11. The number of aromatic amines is 1. The molecule has 1 N–H and O–H groups in total. The van der Waals surface area contributed by atoms with Gasteiger partial charge in [-0.3, -0.25) is 4.90 Å². The fourth-order valence-electron chi connectivity index (χ4n) is 2.86. The van der Waals surface area contributed by atoms with Gasteiger partial charge in [0, 0.05) is 49.3 Å². The highest BCUT2D eigenvalue weighted by Gasteiger charge is 2.19. The molecule has 0 bridgehead atoms. The average Bonchev–Trinajstić information content (AvgIpc) is 2.79. The third kappa shape index (κ3) is 3.22. The Balaban J connectivity index is 1.91. The highest BCUT2D eigenvalue weighted by Crippen LogP contribution is 2.28. The predicted octanol–water partition coefficient (Wildman–Crippen LogP) is 3.17. The lowest BCUT2D eigenvalue weighted by Crippen LogP contribution is -2.43. The molecule has 21 heavy (non-hydrogen) atoms. The fourth-order valence-corrected chi connectivity index (χ4v) is 3.22. The van der Waals surface area contributed by atoms with Gasteiger partial charge in [0.2, 0.25) is 0 Å². The van der Waals surface area contributed by atoms with Crippen molar-refractivity contribution in [2.75, 3.05) is 33.2 Å². The third-order valence-corrected chi connectivity index (χ3v) is 4.53. The van der Waals surface area contributed by atoms with Crippen LogP contribution in [0.3, 0.4) is 0 Å². The lowest BCUT2D eigenvalue weighted by atomic mass is 10.1. The predicted molar refractivity (Wildman–Crippen MR) is 83.4 cm³/mol. The molecule has 2 aromatic rings. The first kappa shape index (κ1) is 14.8. The van der Waals surface area contributed by atoms with Crippen molar-refractivity contribution in [3.63, 3.8) is 0 Å². The summed E-state index contributed by atoms with van der Waals surface area (Å²) in [4.78, 5) is 7.87. The van der Waals surface area contributed by atoms with E-state index in [4.69, 9.17) is 0 Å². The molecule has 1 aromatic carbocycles. The van der Waals surface area contributed by atoms with Crippen molar-refractivity contribution in [3.05, 3.63) is 35.3 Å². The van der Waals surface area contributed by atoms with Crippen LogP contribution in [0.25, 0.3) is 10.9 Å². The van der Waals surface area contributed by atoms with E-state index in [0.29, 0.717) is 12.1 Å². The minimum atomic E-state index is -0.249. The van der Waals surface area contributed by atoms with E-state index in [1.807, 2.05) is 0 Å². The van der Waals surface area contributed by atoms with Gasteiger partial charge in [-0.1, -0.05) is 0 Å². The molecule has 0 radical (unpaired) electrons. The molecule has 6 heteroatoms. The van der Waals surface area contributed by atoms with Gasteiger partial charge in [0.15, 0.2) is 0 Å². The molecular weight excluding hydrogens is 292 g/mol. The zero-order chi connectivity index (χ0) is 14.8. The van der Waals surface area contributed by atoms with Gasteiger partial charge in [-0.05, 0) is 30.8 Å². The minimum absolute atomic E-state index is 0.249. The number of benzene rings is 1. The summed E-state index contributed by atoms with van der Waals surface area (Å²) in [6, 6.07) is 4.71. The highest BCUT2D eigenvalue weighted by molar-refractivity contribution is 7.93. The molecule has 0 atom stereocenters. The van der Waals surface area contributed by atoms with E-state index in [0.717, 1.165) is 54.9 Å².